The van der Waals surface area contributed by atoms with Crippen LogP contribution in [0.2, 0.25) is 0 Å². The van der Waals surface area contributed by atoms with Gasteiger partial charge in [-0.2, -0.15) is 0 Å². The van der Waals surface area contributed by atoms with Gasteiger partial charge in [0.25, 0.3) is 0 Å². The SMILES string of the molecule is CC(C)(C(=O)c1ccc(S(C)(=O)=O)cc1S)N1CCOCC1. The van der Waals surface area contributed by atoms with Crippen molar-refractivity contribution in [2.45, 2.75) is 29.2 Å². The number of nitrogens with zero attached hydrogens (tertiary/aromatic N) is 1. The van der Waals surface area contributed by atoms with Crippen molar-refractivity contribution in [2.24, 2.45) is 0 Å². The molecule has 0 saturated carbocycles. The molecule has 0 unspecified atom stereocenters. The molecule has 2 rings (SSSR count). The molecule has 1 aliphatic rings. The number of hydrogen-bond donors (Lipinski definition) is 1. The Bertz CT molecular complexity index is 677. The highest BCUT2D eigenvalue weighted by Gasteiger charge is 2.36. The van der Waals surface area contributed by atoms with E-state index in [1.807, 2.05) is 13.8 Å². The van der Waals surface area contributed by atoms with Crippen molar-refractivity contribution in [3.05, 3.63) is 23.8 Å². The number of Topliss-reactive ketones (excluding diaryl/α,β-unsaturated/α-hetero) is 1. The van der Waals surface area contributed by atoms with E-state index in [4.69, 9.17) is 4.74 Å². The minimum atomic E-state index is -3.31. The van der Waals surface area contributed by atoms with Gasteiger partial charge in [-0.15, -0.1) is 12.6 Å². The minimum absolute atomic E-state index is 0.0700. The first-order chi connectivity index (χ1) is 10.1. The average Bonchev–Trinajstić information content (AvgIpc) is 2.46. The summed E-state index contributed by atoms with van der Waals surface area (Å²) < 4.78 is 28.5. The van der Waals surface area contributed by atoms with E-state index in [0.717, 1.165) is 6.26 Å². The van der Waals surface area contributed by atoms with Crippen molar-refractivity contribution in [2.75, 3.05) is 32.6 Å². The van der Waals surface area contributed by atoms with E-state index < -0.39 is 15.4 Å². The van der Waals surface area contributed by atoms with Crippen LogP contribution in [0.15, 0.2) is 28.0 Å². The number of morpholine rings is 1. The molecule has 122 valence electrons. The lowest BCUT2D eigenvalue weighted by molar-refractivity contribution is -0.00440. The molecule has 0 N–H and O–H groups in total. The molecule has 0 radical (unpaired) electrons. The van der Waals surface area contributed by atoms with Gasteiger partial charge in [0.1, 0.15) is 0 Å². The Morgan fingerprint density at radius 2 is 1.86 bits per heavy atom. The third kappa shape index (κ3) is 3.53. The van der Waals surface area contributed by atoms with Crippen LogP contribution in [-0.2, 0) is 14.6 Å². The number of sulfone groups is 1. The number of ether oxygens (including phenoxy) is 1. The van der Waals surface area contributed by atoms with E-state index in [-0.39, 0.29) is 10.7 Å². The molecule has 1 saturated heterocycles. The van der Waals surface area contributed by atoms with Crippen LogP contribution < -0.4 is 0 Å². The zero-order valence-electron chi connectivity index (χ0n) is 13.0. The van der Waals surface area contributed by atoms with Gasteiger partial charge in [0.2, 0.25) is 0 Å². The molecule has 22 heavy (non-hydrogen) atoms. The fraction of sp³-hybridized carbons (Fsp3) is 0.533. The van der Waals surface area contributed by atoms with Crippen molar-refractivity contribution >= 4 is 28.2 Å². The number of ketones is 1. The van der Waals surface area contributed by atoms with Gasteiger partial charge in [-0.05, 0) is 32.0 Å². The fourth-order valence-corrected chi connectivity index (χ4v) is 3.58. The molecule has 0 spiro atoms. The van der Waals surface area contributed by atoms with Gasteiger partial charge in [-0.25, -0.2) is 8.42 Å². The molecule has 0 aliphatic carbocycles. The van der Waals surface area contributed by atoms with E-state index in [0.29, 0.717) is 36.8 Å². The van der Waals surface area contributed by atoms with Crippen LogP contribution in [0.25, 0.3) is 0 Å². The second-order valence-electron chi connectivity index (χ2n) is 5.94. The van der Waals surface area contributed by atoms with Crippen molar-refractivity contribution in [3.8, 4) is 0 Å². The van der Waals surface area contributed by atoms with Crippen LogP contribution in [0.3, 0.4) is 0 Å². The molecule has 1 aliphatic heterocycles. The van der Waals surface area contributed by atoms with E-state index in [2.05, 4.69) is 17.5 Å². The minimum Gasteiger partial charge on any atom is -0.379 e. The molecule has 0 atom stereocenters. The van der Waals surface area contributed by atoms with Gasteiger partial charge in [-0.3, -0.25) is 9.69 Å². The van der Waals surface area contributed by atoms with Gasteiger partial charge >= 0.3 is 0 Å². The van der Waals surface area contributed by atoms with Gasteiger partial charge < -0.3 is 4.74 Å². The molecular formula is C15H21NO4S2. The second kappa shape index (κ2) is 6.31. The van der Waals surface area contributed by atoms with E-state index in [9.17, 15) is 13.2 Å². The third-order valence-corrected chi connectivity index (χ3v) is 5.48. The summed E-state index contributed by atoms with van der Waals surface area (Å²) >= 11 is 4.31. The summed E-state index contributed by atoms with van der Waals surface area (Å²) in [7, 11) is -3.31. The summed E-state index contributed by atoms with van der Waals surface area (Å²) in [5, 5.41) is 0. The van der Waals surface area contributed by atoms with E-state index >= 15 is 0 Å². The van der Waals surface area contributed by atoms with Gasteiger partial charge in [-0.1, -0.05) is 0 Å². The molecule has 5 nitrogen and oxygen atoms in total. The number of benzene rings is 1. The summed E-state index contributed by atoms with van der Waals surface area (Å²) in [5.41, 5.74) is -0.249. The Balaban J connectivity index is 2.32. The quantitative estimate of drug-likeness (QED) is 0.666. The number of rotatable bonds is 4. The van der Waals surface area contributed by atoms with Crippen molar-refractivity contribution in [1.82, 2.24) is 4.90 Å². The van der Waals surface area contributed by atoms with Crippen LogP contribution in [0, 0.1) is 0 Å². The first-order valence-corrected chi connectivity index (χ1v) is 9.38. The molecule has 1 fully saturated rings. The molecule has 1 aromatic carbocycles. The Morgan fingerprint density at radius 1 is 1.27 bits per heavy atom. The van der Waals surface area contributed by atoms with Crippen molar-refractivity contribution < 1.29 is 17.9 Å². The maximum absolute atomic E-state index is 12.9. The molecule has 0 aromatic heterocycles. The zero-order valence-corrected chi connectivity index (χ0v) is 14.7. The van der Waals surface area contributed by atoms with Crippen molar-refractivity contribution in [3.63, 3.8) is 0 Å². The summed E-state index contributed by atoms with van der Waals surface area (Å²) in [6.45, 7) is 6.36. The maximum atomic E-state index is 12.9. The maximum Gasteiger partial charge on any atom is 0.183 e. The van der Waals surface area contributed by atoms with Crippen LogP contribution >= 0.6 is 12.6 Å². The Kier molecular flexibility index (Phi) is 5.01. The first kappa shape index (κ1) is 17.5. The monoisotopic (exact) mass is 343 g/mol. The van der Waals surface area contributed by atoms with Gasteiger partial charge in [0.15, 0.2) is 15.6 Å². The van der Waals surface area contributed by atoms with Crippen LogP contribution in [0.1, 0.15) is 24.2 Å². The lowest BCUT2D eigenvalue weighted by Gasteiger charge is -2.39. The summed E-state index contributed by atoms with van der Waals surface area (Å²) in [4.78, 5) is 15.5. The second-order valence-corrected chi connectivity index (χ2v) is 8.44. The summed E-state index contributed by atoms with van der Waals surface area (Å²) in [6, 6.07) is 4.43. The van der Waals surface area contributed by atoms with Crippen LogP contribution in [0.4, 0.5) is 0 Å². The van der Waals surface area contributed by atoms with Crippen LogP contribution in [0.5, 0.6) is 0 Å². The largest absolute Gasteiger partial charge is 0.379 e. The predicted octanol–water partition coefficient (Wildman–Crippen LogP) is 1.67. The number of thiol groups is 1. The summed E-state index contributed by atoms with van der Waals surface area (Å²) in [5.74, 6) is -0.0700. The first-order valence-electron chi connectivity index (χ1n) is 7.04. The summed E-state index contributed by atoms with van der Waals surface area (Å²) in [6.07, 6.45) is 1.13. The van der Waals surface area contributed by atoms with Crippen LogP contribution in [-0.4, -0.2) is 57.2 Å². The van der Waals surface area contributed by atoms with Gasteiger partial charge in [0, 0.05) is 29.8 Å². The Labute approximate surface area is 137 Å². The lowest BCUT2D eigenvalue weighted by Crippen LogP contribution is -2.54. The molecule has 0 bridgehead atoms. The standard InChI is InChI=1S/C15H21NO4S2/c1-15(2,16-6-8-20-9-7-16)14(17)12-5-4-11(10-13(12)21)22(3,18)19/h4-5,10,21H,6-9H2,1-3H3. The Morgan fingerprint density at radius 3 is 2.36 bits per heavy atom. The zero-order chi connectivity index (χ0) is 16.5. The fourth-order valence-electron chi connectivity index (χ4n) is 2.53. The Hall–Kier alpha value is -0.890. The molecule has 7 heteroatoms. The topological polar surface area (TPSA) is 63.7 Å². The molecule has 1 aromatic rings. The highest BCUT2D eigenvalue weighted by molar-refractivity contribution is 7.90. The smallest absolute Gasteiger partial charge is 0.183 e. The predicted molar refractivity (Wildman–Crippen MR) is 87.6 cm³/mol. The molecule has 0 amide bonds. The average molecular weight is 343 g/mol. The normalized spacial score (nSPS) is 17.5. The van der Waals surface area contributed by atoms with Gasteiger partial charge in [0.05, 0.1) is 23.6 Å². The van der Waals surface area contributed by atoms with E-state index in [1.165, 1.54) is 12.1 Å². The van der Waals surface area contributed by atoms with Crippen molar-refractivity contribution in [1.29, 1.82) is 0 Å². The molecule has 1 heterocycles. The lowest BCUT2D eigenvalue weighted by atomic mass is 9.91. The number of hydrogen-bond acceptors (Lipinski definition) is 6. The number of carbonyl (C=O) groups is 1. The molecular weight excluding hydrogens is 322 g/mol. The number of carbonyl (C=O) groups excluding carboxylic acids is 1. The highest BCUT2D eigenvalue weighted by Crippen LogP contribution is 2.27. The third-order valence-electron chi connectivity index (χ3n) is 4.00. The van der Waals surface area contributed by atoms with E-state index in [1.54, 1.807) is 6.07 Å². The highest BCUT2D eigenvalue weighted by atomic mass is 32.2.